The van der Waals surface area contributed by atoms with E-state index in [0.717, 1.165) is 19.4 Å². The number of nitrogens with one attached hydrogen (secondary N) is 1. The fourth-order valence-corrected chi connectivity index (χ4v) is 1.58. The minimum absolute atomic E-state index is 0.117. The van der Waals surface area contributed by atoms with Crippen LogP contribution in [0.15, 0.2) is 0 Å². The molecule has 2 N–H and O–H groups in total. The first-order valence-electron chi connectivity index (χ1n) is 4.13. The first-order chi connectivity index (χ1) is 4.72. The van der Waals surface area contributed by atoms with Crippen LogP contribution in [0.4, 0.5) is 0 Å². The van der Waals surface area contributed by atoms with Gasteiger partial charge in [-0.25, -0.2) is 0 Å². The van der Waals surface area contributed by atoms with Crippen molar-refractivity contribution in [2.75, 3.05) is 6.54 Å². The number of piperidine rings is 1. The molecular formula is C8H17NO. The Kier molecular flexibility index (Phi) is 2.69. The highest BCUT2D eigenvalue weighted by Crippen LogP contribution is 2.14. The van der Waals surface area contributed by atoms with Gasteiger partial charge in [0.05, 0.1) is 6.10 Å². The van der Waals surface area contributed by atoms with Crippen LogP contribution in [0, 0.1) is 5.92 Å². The van der Waals surface area contributed by atoms with Crippen LogP contribution in [0.5, 0.6) is 0 Å². The Morgan fingerprint density at radius 3 is 2.60 bits per heavy atom. The van der Waals surface area contributed by atoms with Crippen molar-refractivity contribution in [3.05, 3.63) is 0 Å². The van der Waals surface area contributed by atoms with Gasteiger partial charge in [0.1, 0.15) is 0 Å². The van der Waals surface area contributed by atoms with E-state index in [9.17, 15) is 5.11 Å². The highest BCUT2D eigenvalue weighted by atomic mass is 16.3. The Balaban J connectivity index is 2.40. The van der Waals surface area contributed by atoms with E-state index in [0.29, 0.717) is 12.0 Å². The summed E-state index contributed by atoms with van der Waals surface area (Å²) < 4.78 is 0. The van der Waals surface area contributed by atoms with Crippen LogP contribution >= 0.6 is 0 Å². The predicted molar refractivity (Wildman–Crippen MR) is 41.9 cm³/mol. The third-order valence-corrected chi connectivity index (χ3v) is 2.19. The van der Waals surface area contributed by atoms with Crippen LogP contribution in [0.2, 0.25) is 0 Å². The molecule has 1 rings (SSSR count). The molecule has 60 valence electrons. The quantitative estimate of drug-likeness (QED) is 0.568. The molecule has 10 heavy (non-hydrogen) atoms. The van der Waals surface area contributed by atoms with Crippen molar-refractivity contribution < 1.29 is 5.11 Å². The number of hydrogen-bond donors (Lipinski definition) is 2. The molecule has 0 amide bonds. The standard InChI is InChI=1S/C8H17NO/c1-6(2)8-7(10)4-3-5-9-8/h6-10H,3-5H2,1-2H3/t7-,8+/m0/s1. The van der Waals surface area contributed by atoms with E-state index < -0.39 is 0 Å². The lowest BCUT2D eigenvalue weighted by molar-refractivity contribution is 0.0758. The summed E-state index contributed by atoms with van der Waals surface area (Å²) in [5, 5.41) is 12.8. The molecule has 1 heterocycles. The Bertz CT molecular complexity index is 103. The minimum atomic E-state index is -0.117. The molecule has 0 unspecified atom stereocenters. The summed E-state index contributed by atoms with van der Waals surface area (Å²) in [6.45, 7) is 5.36. The fraction of sp³-hybridized carbons (Fsp3) is 1.00. The normalized spacial score (nSPS) is 34.8. The fourth-order valence-electron chi connectivity index (χ4n) is 1.58. The molecule has 0 radical (unpaired) electrons. The van der Waals surface area contributed by atoms with Gasteiger partial charge in [0.2, 0.25) is 0 Å². The summed E-state index contributed by atoms with van der Waals surface area (Å²) in [6.07, 6.45) is 1.97. The van der Waals surface area contributed by atoms with E-state index in [4.69, 9.17) is 0 Å². The van der Waals surface area contributed by atoms with Crippen LogP contribution in [0.3, 0.4) is 0 Å². The molecular weight excluding hydrogens is 126 g/mol. The van der Waals surface area contributed by atoms with Crippen LogP contribution in [0.25, 0.3) is 0 Å². The molecule has 1 aliphatic rings. The Morgan fingerprint density at radius 2 is 2.20 bits per heavy atom. The molecule has 0 aromatic rings. The van der Waals surface area contributed by atoms with Crippen molar-refractivity contribution in [1.29, 1.82) is 0 Å². The number of rotatable bonds is 1. The van der Waals surface area contributed by atoms with Gasteiger partial charge >= 0.3 is 0 Å². The summed E-state index contributed by atoms with van der Waals surface area (Å²) in [5.74, 6) is 0.551. The third kappa shape index (κ3) is 1.70. The van der Waals surface area contributed by atoms with Crippen molar-refractivity contribution in [2.24, 2.45) is 5.92 Å². The zero-order valence-electron chi connectivity index (χ0n) is 6.80. The molecule has 2 heteroatoms. The van der Waals surface area contributed by atoms with E-state index in [1.54, 1.807) is 0 Å². The van der Waals surface area contributed by atoms with Crippen LogP contribution in [0.1, 0.15) is 26.7 Å². The van der Waals surface area contributed by atoms with Crippen LogP contribution in [-0.4, -0.2) is 23.8 Å². The Labute approximate surface area is 62.6 Å². The molecule has 0 aromatic heterocycles. The highest BCUT2D eigenvalue weighted by Gasteiger charge is 2.24. The summed E-state index contributed by atoms with van der Waals surface area (Å²) >= 11 is 0. The van der Waals surface area contributed by atoms with Crippen molar-refractivity contribution in [2.45, 2.75) is 38.8 Å². The second kappa shape index (κ2) is 3.35. The van der Waals surface area contributed by atoms with Gasteiger partial charge in [-0.1, -0.05) is 13.8 Å². The average molecular weight is 143 g/mol. The maximum Gasteiger partial charge on any atom is 0.0696 e. The third-order valence-electron chi connectivity index (χ3n) is 2.19. The summed E-state index contributed by atoms with van der Waals surface area (Å²) in [6, 6.07) is 0.328. The lowest BCUT2D eigenvalue weighted by atomic mass is 9.92. The lowest BCUT2D eigenvalue weighted by Crippen LogP contribution is -2.47. The summed E-state index contributed by atoms with van der Waals surface area (Å²) in [5.41, 5.74) is 0. The zero-order chi connectivity index (χ0) is 7.56. The van der Waals surface area contributed by atoms with Gasteiger partial charge in [-0.15, -0.1) is 0 Å². The van der Waals surface area contributed by atoms with E-state index in [1.165, 1.54) is 0 Å². The van der Waals surface area contributed by atoms with Crippen LogP contribution in [-0.2, 0) is 0 Å². The van der Waals surface area contributed by atoms with E-state index in [-0.39, 0.29) is 6.10 Å². The maximum atomic E-state index is 9.48. The molecule has 0 aliphatic carbocycles. The van der Waals surface area contributed by atoms with Crippen molar-refractivity contribution >= 4 is 0 Å². The van der Waals surface area contributed by atoms with E-state index in [2.05, 4.69) is 19.2 Å². The Hall–Kier alpha value is -0.0800. The van der Waals surface area contributed by atoms with Gasteiger partial charge in [-0.3, -0.25) is 0 Å². The minimum Gasteiger partial charge on any atom is -0.391 e. The lowest BCUT2D eigenvalue weighted by Gasteiger charge is -2.31. The molecule has 1 aliphatic heterocycles. The number of aliphatic hydroxyl groups excluding tert-OH is 1. The number of hydrogen-bond acceptors (Lipinski definition) is 2. The molecule has 0 saturated carbocycles. The monoisotopic (exact) mass is 143 g/mol. The topological polar surface area (TPSA) is 32.3 Å². The van der Waals surface area contributed by atoms with Crippen molar-refractivity contribution in [3.63, 3.8) is 0 Å². The summed E-state index contributed by atoms with van der Waals surface area (Å²) in [4.78, 5) is 0. The highest BCUT2D eigenvalue weighted by molar-refractivity contribution is 4.82. The first-order valence-corrected chi connectivity index (χ1v) is 4.13. The van der Waals surface area contributed by atoms with Crippen molar-refractivity contribution in [3.8, 4) is 0 Å². The molecule has 1 fully saturated rings. The SMILES string of the molecule is CC(C)[C@H]1NCCC[C@@H]1O. The van der Waals surface area contributed by atoms with E-state index in [1.807, 2.05) is 0 Å². The molecule has 0 spiro atoms. The van der Waals surface area contributed by atoms with Gasteiger partial charge in [0.15, 0.2) is 0 Å². The van der Waals surface area contributed by atoms with Gasteiger partial charge < -0.3 is 10.4 Å². The molecule has 0 aromatic carbocycles. The maximum absolute atomic E-state index is 9.48. The van der Waals surface area contributed by atoms with Gasteiger partial charge in [-0.2, -0.15) is 0 Å². The zero-order valence-corrected chi connectivity index (χ0v) is 6.80. The molecule has 0 bridgehead atoms. The predicted octanol–water partition coefficient (Wildman–Crippen LogP) is 0.755. The van der Waals surface area contributed by atoms with Gasteiger partial charge in [0, 0.05) is 6.04 Å². The van der Waals surface area contributed by atoms with E-state index >= 15 is 0 Å². The Morgan fingerprint density at radius 1 is 1.50 bits per heavy atom. The molecule has 2 nitrogen and oxygen atoms in total. The largest absolute Gasteiger partial charge is 0.391 e. The summed E-state index contributed by atoms with van der Waals surface area (Å²) in [7, 11) is 0. The van der Waals surface area contributed by atoms with Gasteiger partial charge in [-0.05, 0) is 25.3 Å². The second-order valence-corrected chi connectivity index (χ2v) is 3.43. The molecule has 2 atom stereocenters. The van der Waals surface area contributed by atoms with Crippen LogP contribution < -0.4 is 5.32 Å². The smallest absolute Gasteiger partial charge is 0.0696 e. The van der Waals surface area contributed by atoms with Gasteiger partial charge in [0.25, 0.3) is 0 Å². The first kappa shape index (κ1) is 8.02. The molecule has 1 saturated heterocycles. The second-order valence-electron chi connectivity index (χ2n) is 3.43. The van der Waals surface area contributed by atoms with Crippen molar-refractivity contribution in [1.82, 2.24) is 5.32 Å². The number of aliphatic hydroxyl groups is 1. The average Bonchev–Trinajstić information content (AvgIpc) is 1.88.